The number of carbonyl (C=O) groups is 1. The Bertz CT molecular complexity index is 1210. The zero-order valence-electron chi connectivity index (χ0n) is 16.9. The highest BCUT2D eigenvalue weighted by Gasteiger charge is 2.33. The maximum absolute atomic E-state index is 12.9. The van der Waals surface area contributed by atoms with Gasteiger partial charge < -0.3 is 9.84 Å². The van der Waals surface area contributed by atoms with Crippen molar-refractivity contribution in [2.24, 2.45) is 5.92 Å². The average molecular weight is 495 g/mol. The van der Waals surface area contributed by atoms with Gasteiger partial charge in [-0.3, -0.25) is 4.79 Å². The standard InChI is InChI=1S/C21H20Cl2N4O4S/c22-15-7-9-16(10-8-15)32(29,30)27-11-3-4-14(13-27)21(28)24-12-19-25-20(26-31-19)17-5-1-2-6-18(17)23/h1-2,5-10,14H,3-4,11-13H2,(H,24,28). The van der Waals surface area contributed by atoms with Gasteiger partial charge in [0, 0.05) is 23.7 Å². The molecule has 0 radical (unpaired) electrons. The van der Waals surface area contributed by atoms with E-state index in [1.54, 1.807) is 18.2 Å². The second-order valence-corrected chi connectivity index (χ2v) is 10.1. The van der Waals surface area contributed by atoms with Crippen LogP contribution in [0.3, 0.4) is 0 Å². The molecule has 0 bridgehead atoms. The molecule has 1 aromatic heterocycles. The van der Waals surface area contributed by atoms with E-state index in [4.69, 9.17) is 27.7 Å². The Balaban J connectivity index is 1.38. The number of sulfonamides is 1. The van der Waals surface area contributed by atoms with Crippen LogP contribution in [0.4, 0.5) is 0 Å². The van der Waals surface area contributed by atoms with Gasteiger partial charge in [0.25, 0.3) is 0 Å². The number of halogens is 2. The van der Waals surface area contributed by atoms with Crippen LogP contribution >= 0.6 is 23.2 Å². The summed E-state index contributed by atoms with van der Waals surface area (Å²) < 4.78 is 32.4. The third-order valence-electron chi connectivity index (χ3n) is 5.20. The first-order valence-corrected chi connectivity index (χ1v) is 12.1. The number of amides is 1. The summed E-state index contributed by atoms with van der Waals surface area (Å²) >= 11 is 12.0. The van der Waals surface area contributed by atoms with Gasteiger partial charge in [-0.05, 0) is 49.2 Å². The van der Waals surface area contributed by atoms with Gasteiger partial charge in [-0.15, -0.1) is 0 Å². The highest BCUT2D eigenvalue weighted by molar-refractivity contribution is 7.89. The number of aromatic nitrogens is 2. The fraction of sp³-hybridized carbons (Fsp3) is 0.286. The highest BCUT2D eigenvalue weighted by Crippen LogP contribution is 2.26. The van der Waals surface area contributed by atoms with Gasteiger partial charge in [-0.1, -0.05) is 40.5 Å². The second-order valence-electron chi connectivity index (χ2n) is 7.37. The molecule has 3 aromatic rings. The SMILES string of the molecule is O=C(NCc1nc(-c2ccccc2Cl)no1)C1CCCN(S(=O)(=O)c2ccc(Cl)cc2)C1. The summed E-state index contributed by atoms with van der Waals surface area (Å²) in [7, 11) is -3.70. The van der Waals surface area contributed by atoms with Gasteiger partial charge in [0.2, 0.25) is 27.6 Å². The zero-order chi connectivity index (χ0) is 22.7. The fourth-order valence-electron chi connectivity index (χ4n) is 3.52. The number of nitrogens with one attached hydrogen (secondary N) is 1. The second kappa shape index (κ2) is 9.58. The summed E-state index contributed by atoms with van der Waals surface area (Å²) in [5.41, 5.74) is 0.630. The average Bonchev–Trinajstić information content (AvgIpc) is 3.27. The van der Waals surface area contributed by atoms with Gasteiger partial charge in [-0.2, -0.15) is 9.29 Å². The van der Waals surface area contributed by atoms with Crippen LogP contribution in [0.5, 0.6) is 0 Å². The maximum Gasteiger partial charge on any atom is 0.246 e. The third kappa shape index (κ3) is 4.96. The molecule has 1 N–H and O–H groups in total. The predicted molar refractivity (Wildman–Crippen MR) is 120 cm³/mol. The lowest BCUT2D eigenvalue weighted by molar-refractivity contribution is -0.126. The van der Waals surface area contributed by atoms with Crippen molar-refractivity contribution in [1.29, 1.82) is 0 Å². The molecule has 1 fully saturated rings. The van der Waals surface area contributed by atoms with Crippen LogP contribution in [0.2, 0.25) is 10.0 Å². The normalized spacial score (nSPS) is 17.2. The molecule has 1 aliphatic rings. The Labute approximate surface area is 195 Å². The molecule has 1 saturated heterocycles. The van der Waals surface area contributed by atoms with E-state index in [1.807, 2.05) is 6.07 Å². The Morgan fingerprint density at radius 1 is 1.16 bits per heavy atom. The van der Waals surface area contributed by atoms with Crippen molar-refractivity contribution in [3.05, 3.63) is 64.5 Å². The van der Waals surface area contributed by atoms with Crippen LogP contribution in [0.15, 0.2) is 57.9 Å². The Morgan fingerprint density at radius 3 is 2.66 bits per heavy atom. The molecule has 2 heterocycles. The highest BCUT2D eigenvalue weighted by atomic mass is 35.5. The van der Waals surface area contributed by atoms with Crippen molar-refractivity contribution < 1.29 is 17.7 Å². The van der Waals surface area contributed by atoms with Crippen LogP contribution in [0.1, 0.15) is 18.7 Å². The summed E-state index contributed by atoms with van der Waals surface area (Å²) in [6, 6.07) is 13.1. The van der Waals surface area contributed by atoms with Crippen LogP contribution in [0.25, 0.3) is 11.4 Å². The molecule has 0 aliphatic carbocycles. The predicted octanol–water partition coefficient (Wildman–Crippen LogP) is 3.76. The van der Waals surface area contributed by atoms with Crippen molar-refractivity contribution in [2.75, 3.05) is 13.1 Å². The van der Waals surface area contributed by atoms with E-state index >= 15 is 0 Å². The topological polar surface area (TPSA) is 105 Å². The minimum Gasteiger partial charge on any atom is -0.347 e. The molecular formula is C21H20Cl2N4O4S. The van der Waals surface area contributed by atoms with E-state index in [9.17, 15) is 13.2 Å². The van der Waals surface area contributed by atoms with E-state index in [0.717, 1.165) is 0 Å². The van der Waals surface area contributed by atoms with Gasteiger partial charge in [0.1, 0.15) is 0 Å². The van der Waals surface area contributed by atoms with Crippen molar-refractivity contribution in [1.82, 2.24) is 19.8 Å². The third-order valence-corrected chi connectivity index (χ3v) is 7.66. The lowest BCUT2D eigenvalue weighted by atomic mass is 9.99. The van der Waals surface area contributed by atoms with Gasteiger partial charge in [0.05, 0.1) is 22.4 Å². The van der Waals surface area contributed by atoms with E-state index < -0.39 is 15.9 Å². The van der Waals surface area contributed by atoms with Crippen molar-refractivity contribution in [3.63, 3.8) is 0 Å². The smallest absolute Gasteiger partial charge is 0.246 e. The summed E-state index contributed by atoms with van der Waals surface area (Å²) in [5, 5.41) is 7.61. The van der Waals surface area contributed by atoms with Crippen molar-refractivity contribution in [3.8, 4) is 11.4 Å². The van der Waals surface area contributed by atoms with Crippen LogP contribution in [0, 0.1) is 5.92 Å². The Morgan fingerprint density at radius 2 is 1.91 bits per heavy atom. The molecule has 8 nitrogen and oxygen atoms in total. The minimum atomic E-state index is -3.70. The molecule has 2 aromatic carbocycles. The number of carbonyl (C=O) groups excluding carboxylic acids is 1. The van der Waals surface area contributed by atoms with E-state index in [-0.39, 0.29) is 29.8 Å². The number of rotatable bonds is 6. The zero-order valence-corrected chi connectivity index (χ0v) is 19.2. The van der Waals surface area contributed by atoms with Gasteiger partial charge in [0.15, 0.2) is 0 Å². The van der Waals surface area contributed by atoms with E-state index in [1.165, 1.54) is 28.6 Å². The Hall–Kier alpha value is -2.46. The van der Waals surface area contributed by atoms with Crippen LogP contribution < -0.4 is 5.32 Å². The lowest BCUT2D eigenvalue weighted by Gasteiger charge is -2.31. The molecular weight excluding hydrogens is 475 g/mol. The van der Waals surface area contributed by atoms with Crippen LogP contribution in [-0.4, -0.2) is 41.9 Å². The first-order valence-electron chi connectivity index (χ1n) is 9.95. The molecule has 1 aliphatic heterocycles. The lowest BCUT2D eigenvalue weighted by Crippen LogP contribution is -2.45. The van der Waals surface area contributed by atoms with Gasteiger partial charge in [-0.25, -0.2) is 8.42 Å². The quantitative estimate of drug-likeness (QED) is 0.559. The van der Waals surface area contributed by atoms with Gasteiger partial charge >= 0.3 is 0 Å². The maximum atomic E-state index is 12.9. The number of nitrogens with zero attached hydrogens (tertiary/aromatic N) is 3. The molecule has 4 rings (SSSR count). The summed E-state index contributed by atoms with van der Waals surface area (Å²) in [5.74, 6) is -0.178. The Kier molecular flexibility index (Phi) is 6.80. The first-order chi connectivity index (χ1) is 15.3. The molecule has 1 amide bonds. The minimum absolute atomic E-state index is 0.0384. The summed E-state index contributed by atoms with van der Waals surface area (Å²) in [4.78, 5) is 17.1. The number of benzene rings is 2. The van der Waals surface area contributed by atoms with Crippen LogP contribution in [-0.2, 0) is 21.4 Å². The summed E-state index contributed by atoms with van der Waals surface area (Å²) in [6.45, 7) is 0.502. The monoisotopic (exact) mass is 494 g/mol. The molecule has 1 unspecified atom stereocenters. The molecule has 0 spiro atoms. The van der Waals surface area contributed by atoms with E-state index in [2.05, 4.69) is 15.5 Å². The molecule has 32 heavy (non-hydrogen) atoms. The molecule has 0 saturated carbocycles. The molecule has 11 heteroatoms. The number of hydrogen-bond donors (Lipinski definition) is 1. The molecule has 1 atom stereocenters. The first kappa shape index (κ1) is 22.7. The fourth-order valence-corrected chi connectivity index (χ4v) is 5.39. The van der Waals surface area contributed by atoms with Crippen molar-refractivity contribution >= 4 is 39.1 Å². The van der Waals surface area contributed by atoms with E-state index in [0.29, 0.717) is 40.8 Å². The number of piperidine rings is 1. The summed E-state index contributed by atoms with van der Waals surface area (Å²) in [6.07, 6.45) is 1.18. The number of hydrogen-bond acceptors (Lipinski definition) is 6. The molecule has 168 valence electrons. The van der Waals surface area contributed by atoms with Crippen molar-refractivity contribution in [2.45, 2.75) is 24.3 Å². The largest absolute Gasteiger partial charge is 0.347 e.